The Labute approximate surface area is 215 Å². The second kappa shape index (κ2) is 17.3. The van der Waals surface area contributed by atoms with Crippen LogP contribution in [0, 0.1) is 11.8 Å². The number of allylic oxidation sites excluding steroid dienone is 1. The van der Waals surface area contributed by atoms with E-state index in [9.17, 15) is 4.79 Å². The van der Waals surface area contributed by atoms with Crippen molar-refractivity contribution < 1.29 is 4.79 Å². The fraction of sp³-hybridized carbons (Fsp3) is 0.483. The fourth-order valence-electron chi connectivity index (χ4n) is 3.22. The summed E-state index contributed by atoms with van der Waals surface area (Å²) < 4.78 is 1.01. The van der Waals surface area contributed by atoms with Crippen molar-refractivity contribution in [3.05, 3.63) is 80.3 Å². The molecule has 0 N–H and O–H groups in total. The molecule has 0 spiro atoms. The zero-order valence-corrected chi connectivity index (χ0v) is 22.3. The number of aldehydes is 1. The molecule has 2 aromatic carbocycles. The molecular formula is C29H44Br2O. The third kappa shape index (κ3) is 13.4. The third-order valence-electron chi connectivity index (χ3n) is 4.88. The maximum absolute atomic E-state index is 10.6. The molecule has 2 atom stereocenters. The van der Waals surface area contributed by atoms with Crippen LogP contribution < -0.4 is 0 Å². The predicted octanol–water partition coefficient (Wildman–Crippen LogP) is 10.1. The number of rotatable bonds is 8. The largest absolute Gasteiger partial charge is 0.303 e. The van der Waals surface area contributed by atoms with Crippen LogP contribution in [0.15, 0.2) is 58.0 Å². The summed E-state index contributed by atoms with van der Waals surface area (Å²) >= 11 is 6.79. The van der Waals surface area contributed by atoms with Crippen molar-refractivity contribution in [3.63, 3.8) is 0 Å². The summed E-state index contributed by atoms with van der Waals surface area (Å²) in [6.07, 6.45) is 5.40. The van der Waals surface area contributed by atoms with Crippen LogP contribution in [0.5, 0.6) is 0 Å². The van der Waals surface area contributed by atoms with Gasteiger partial charge in [0.25, 0.3) is 0 Å². The van der Waals surface area contributed by atoms with Gasteiger partial charge in [-0.05, 0) is 78.8 Å². The molecule has 0 saturated carbocycles. The lowest BCUT2D eigenvalue weighted by atomic mass is 9.97. The van der Waals surface area contributed by atoms with Crippen LogP contribution in [0.1, 0.15) is 90.5 Å². The molecule has 1 nitrogen and oxygen atoms in total. The highest BCUT2D eigenvalue weighted by atomic mass is 79.9. The normalized spacial score (nSPS) is 11.9. The Morgan fingerprint density at radius 2 is 1.03 bits per heavy atom. The number of hydrogen-bond acceptors (Lipinski definition) is 1. The van der Waals surface area contributed by atoms with Crippen LogP contribution in [-0.4, -0.2) is 6.29 Å². The molecule has 0 aliphatic carbocycles. The maximum atomic E-state index is 10.6. The first-order valence-electron chi connectivity index (χ1n) is 10.8. The predicted molar refractivity (Wildman–Crippen MR) is 152 cm³/mol. The van der Waals surface area contributed by atoms with Crippen molar-refractivity contribution in [3.8, 4) is 0 Å². The van der Waals surface area contributed by atoms with E-state index < -0.39 is 0 Å². The van der Waals surface area contributed by atoms with Crippen molar-refractivity contribution in [2.75, 3.05) is 0 Å². The van der Waals surface area contributed by atoms with E-state index in [0.29, 0.717) is 11.8 Å². The Bertz CT molecular complexity index is 770. The molecule has 3 heteroatoms. The molecule has 0 aliphatic rings. The van der Waals surface area contributed by atoms with Gasteiger partial charge in [0.05, 0.1) is 3.39 Å². The van der Waals surface area contributed by atoms with Crippen LogP contribution in [0.2, 0.25) is 0 Å². The first-order valence-corrected chi connectivity index (χ1v) is 12.4. The van der Waals surface area contributed by atoms with Gasteiger partial charge in [0.1, 0.15) is 6.29 Å². The van der Waals surface area contributed by atoms with Crippen LogP contribution >= 0.6 is 31.9 Å². The highest BCUT2D eigenvalue weighted by Crippen LogP contribution is 2.24. The molecule has 0 aromatic heterocycles. The van der Waals surface area contributed by atoms with Gasteiger partial charge in [-0.3, -0.25) is 0 Å². The van der Waals surface area contributed by atoms with Crippen molar-refractivity contribution in [2.45, 2.75) is 81.1 Å². The number of benzene rings is 2. The Morgan fingerprint density at radius 1 is 0.688 bits per heavy atom. The van der Waals surface area contributed by atoms with Gasteiger partial charge in [-0.2, -0.15) is 0 Å². The molecule has 0 bridgehead atoms. The van der Waals surface area contributed by atoms with Crippen LogP contribution in [-0.2, 0) is 17.6 Å². The quantitative estimate of drug-likeness (QED) is 0.290. The lowest BCUT2D eigenvalue weighted by molar-refractivity contribution is -0.108. The van der Waals surface area contributed by atoms with E-state index in [2.05, 4.69) is 121 Å². The Balaban J connectivity index is 0. The summed E-state index contributed by atoms with van der Waals surface area (Å²) in [4.78, 5) is 10.6. The highest BCUT2D eigenvalue weighted by Gasteiger charge is 2.04. The van der Waals surface area contributed by atoms with Crippen LogP contribution in [0.3, 0.4) is 0 Å². The summed E-state index contributed by atoms with van der Waals surface area (Å²) in [5.41, 5.74) is 5.23. The first-order chi connectivity index (χ1) is 14.1. The van der Waals surface area contributed by atoms with E-state index in [-0.39, 0.29) is 20.8 Å². The summed E-state index contributed by atoms with van der Waals surface area (Å²) in [7, 11) is 0. The average Bonchev–Trinajstić information content (AvgIpc) is 2.67. The Morgan fingerprint density at radius 3 is 1.31 bits per heavy atom. The van der Waals surface area contributed by atoms with Gasteiger partial charge in [-0.1, -0.05) is 111 Å². The molecule has 0 heterocycles. The van der Waals surface area contributed by atoms with Gasteiger partial charge in [-0.15, -0.1) is 0 Å². The minimum absolute atomic E-state index is 0. The monoisotopic (exact) mass is 566 g/mol. The summed E-state index contributed by atoms with van der Waals surface area (Å²) in [6, 6.07) is 17.3. The first kappa shape index (κ1) is 33.0. The molecule has 0 amide bonds. The molecule has 0 radical (unpaired) electrons. The van der Waals surface area contributed by atoms with Gasteiger partial charge in [0, 0.05) is 11.8 Å². The van der Waals surface area contributed by atoms with Crippen LogP contribution in [0.25, 0.3) is 0 Å². The summed E-state index contributed by atoms with van der Waals surface area (Å²) in [5, 5.41) is 0. The third-order valence-corrected chi connectivity index (χ3v) is 5.41. The molecule has 180 valence electrons. The second-order valence-electron chi connectivity index (χ2n) is 8.85. The fourth-order valence-corrected chi connectivity index (χ4v) is 4.01. The zero-order valence-electron chi connectivity index (χ0n) is 19.2. The van der Waals surface area contributed by atoms with Gasteiger partial charge >= 0.3 is 0 Å². The lowest BCUT2D eigenvalue weighted by Gasteiger charge is -2.09. The van der Waals surface area contributed by atoms with E-state index in [0.717, 1.165) is 34.0 Å². The standard InChI is InChI=1S/C14H18Br2.C13H18O.2CH4/c1-10(2)8-12-4-6-13(7-5-12)11(3)9-14(15)16;1-10(2)8-12-4-6-13(7-5-12)11(3)9-14;;/h4-7,9-11H,8H2,1-3H3;4-7,9-11H,8H2,1-3H3;2*1H4. The minimum atomic E-state index is 0. The van der Waals surface area contributed by atoms with Gasteiger partial charge in [0.2, 0.25) is 0 Å². The minimum Gasteiger partial charge on any atom is -0.303 e. The number of carbonyl (C=O) groups excluding carboxylic acids is 1. The zero-order chi connectivity index (χ0) is 22.7. The highest BCUT2D eigenvalue weighted by molar-refractivity contribution is 9.28. The van der Waals surface area contributed by atoms with E-state index in [1.165, 1.54) is 16.7 Å². The van der Waals surface area contributed by atoms with Gasteiger partial charge in [0.15, 0.2) is 0 Å². The van der Waals surface area contributed by atoms with Crippen molar-refractivity contribution in [1.82, 2.24) is 0 Å². The molecule has 0 saturated heterocycles. The SMILES string of the molecule is C.C.CC(C)Cc1ccc(C(C)C=C(Br)Br)cc1.CC(C)Cc1ccc(C(C)C=O)cc1. The van der Waals surface area contributed by atoms with E-state index in [4.69, 9.17) is 0 Å². The van der Waals surface area contributed by atoms with Crippen molar-refractivity contribution in [2.24, 2.45) is 11.8 Å². The second-order valence-corrected chi connectivity index (χ2v) is 11.6. The van der Waals surface area contributed by atoms with E-state index >= 15 is 0 Å². The summed E-state index contributed by atoms with van der Waals surface area (Å²) in [5.74, 6) is 1.86. The molecule has 32 heavy (non-hydrogen) atoms. The number of halogens is 2. The smallest absolute Gasteiger partial charge is 0.127 e. The molecule has 2 rings (SSSR count). The molecule has 0 aliphatic heterocycles. The molecular weight excluding hydrogens is 524 g/mol. The van der Waals surface area contributed by atoms with Crippen molar-refractivity contribution in [1.29, 1.82) is 0 Å². The average molecular weight is 568 g/mol. The molecule has 0 fully saturated rings. The molecule has 2 unspecified atom stereocenters. The summed E-state index contributed by atoms with van der Waals surface area (Å²) in [6.45, 7) is 13.0. The number of hydrogen-bond donors (Lipinski definition) is 0. The van der Waals surface area contributed by atoms with Gasteiger partial charge < -0.3 is 4.79 Å². The van der Waals surface area contributed by atoms with Crippen LogP contribution in [0.4, 0.5) is 0 Å². The Hall–Kier alpha value is -1.19. The Kier molecular flexibility index (Phi) is 17.8. The lowest BCUT2D eigenvalue weighted by Crippen LogP contribution is -1.97. The molecule has 2 aromatic rings. The topological polar surface area (TPSA) is 17.1 Å². The van der Waals surface area contributed by atoms with E-state index in [1.807, 2.05) is 6.92 Å². The number of carbonyl (C=O) groups is 1. The van der Waals surface area contributed by atoms with Gasteiger partial charge in [-0.25, -0.2) is 0 Å². The maximum Gasteiger partial charge on any atom is 0.127 e. The van der Waals surface area contributed by atoms with Crippen molar-refractivity contribution >= 4 is 38.1 Å². The van der Waals surface area contributed by atoms with E-state index in [1.54, 1.807) is 0 Å².